The quantitative estimate of drug-likeness (QED) is 0.825. The van der Waals surface area contributed by atoms with Crippen molar-refractivity contribution in [3.63, 3.8) is 0 Å². The molecule has 2 aromatic rings. The first-order valence-corrected chi connectivity index (χ1v) is 10.1. The summed E-state index contributed by atoms with van der Waals surface area (Å²) in [6.45, 7) is 6.76. The van der Waals surface area contributed by atoms with Gasteiger partial charge in [0.2, 0.25) is 0 Å². The molecular formula is C20H27N5O4. The molecule has 1 fully saturated rings. The normalized spacial score (nSPS) is 20.0. The Morgan fingerprint density at radius 1 is 1.34 bits per heavy atom. The Labute approximate surface area is 169 Å². The fourth-order valence-electron chi connectivity index (χ4n) is 4.35. The maximum atomic E-state index is 13.2. The van der Waals surface area contributed by atoms with Gasteiger partial charge in [0.1, 0.15) is 17.9 Å². The van der Waals surface area contributed by atoms with Gasteiger partial charge in [-0.2, -0.15) is 0 Å². The number of rotatable bonds is 4. The Kier molecular flexibility index (Phi) is 5.51. The van der Waals surface area contributed by atoms with Crippen LogP contribution in [0.25, 0.3) is 0 Å². The lowest BCUT2D eigenvalue weighted by molar-refractivity contribution is 0.0669. The predicted molar refractivity (Wildman–Crippen MR) is 105 cm³/mol. The topological polar surface area (TPSA) is 102 Å². The summed E-state index contributed by atoms with van der Waals surface area (Å²) >= 11 is 0. The smallest absolute Gasteiger partial charge is 0.349 e. The lowest BCUT2D eigenvalue weighted by Crippen LogP contribution is -2.42. The zero-order chi connectivity index (χ0) is 20.5. The van der Waals surface area contributed by atoms with E-state index in [0.717, 1.165) is 31.8 Å². The molecule has 0 bridgehead atoms. The van der Waals surface area contributed by atoms with Crippen LogP contribution < -0.4 is 10.9 Å². The van der Waals surface area contributed by atoms with E-state index in [1.807, 2.05) is 17.6 Å². The number of carbonyl (C=O) groups excluding carboxylic acids is 1. The fraction of sp³-hybridized carbons (Fsp3) is 0.600. The number of hydrogen-bond acceptors (Lipinski definition) is 7. The lowest BCUT2D eigenvalue weighted by Gasteiger charge is -2.32. The standard InChI is InChI=1S/C20H27N5O4/c1-12-8-15(14-4-6-21-7-5-14)29-20(27)18(12)19(26)24-9-13(2)25-16(10-24)22-23-17(25)11-28-3/h8,13-14,21H,4-7,9-11H2,1-3H3/t13-/m0/s1. The maximum absolute atomic E-state index is 13.2. The van der Waals surface area contributed by atoms with Crippen molar-refractivity contribution < 1.29 is 13.9 Å². The molecule has 4 rings (SSSR count). The number of methoxy groups -OCH3 is 1. The molecule has 0 aromatic carbocycles. The predicted octanol–water partition coefficient (Wildman–Crippen LogP) is 1.37. The van der Waals surface area contributed by atoms with E-state index in [0.29, 0.717) is 36.8 Å². The summed E-state index contributed by atoms with van der Waals surface area (Å²) in [5.41, 5.74) is 0.225. The monoisotopic (exact) mass is 401 g/mol. The summed E-state index contributed by atoms with van der Waals surface area (Å²) in [6, 6.07) is 1.85. The number of ether oxygens (including phenoxy) is 1. The molecule has 0 unspecified atom stereocenters. The molecule has 1 saturated heterocycles. The van der Waals surface area contributed by atoms with Crippen LogP contribution in [0.1, 0.15) is 65.1 Å². The molecule has 0 aliphatic carbocycles. The van der Waals surface area contributed by atoms with Gasteiger partial charge in [-0.25, -0.2) is 4.79 Å². The van der Waals surface area contributed by atoms with E-state index in [4.69, 9.17) is 9.15 Å². The molecule has 1 amide bonds. The zero-order valence-electron chi connectivity index (χ0n) is 17.1. The van der Waals surface area contributed by atoms with Crippen LogP contribution in [0.2, 0.25) is 0 Å². The number of aromatic nitrogens is 3. The van der Waals surface area contributed by atoms with E-state index in [2.05, 4.69) is 15.5 Å². The number of aryl methyl sites for hydroxylation is 1. The van der Waals surface area contributed by atoms with Gasteiger partial charge in [-0.15, -0.1) is 10.2 Å². The second kappa shape index (κ2) is 8.08. The van der Waals surface area contributed by atoms with Crippen molar-refractivity contribution in [3.05, 3.63) is 45.0 Å². The van der Waals surface area contributed by atoms with Crippen LogP contribution in [0.4, 0.5) is 0 Å². The summed E-state index contributed by atoms with van der Waals surface area (Å²) in [5, 5.41) is 11.7. The summed E-state index contributed by atoms with van der Waals surface area (Å²) in [4.78, 5) is 27.6. The van der Waals surface area contributed by atoms with Crippen molar-refractivity contribution in [3.8, 4) is 0 Å². The highest BCUT2D eigenvalue weighted by atomic mass is 16.5. The summed E-state index contributed by atoms with van der Waals surface area (Å²) < 4.78 is 12.8. The van der Waals surface area contributed by atoms with Crippen molar-refractivity contribution in [2.24, 2.45) is 0 Å². The van der Waals surface area contributed by atoms with Crippen molar-refractivity contribution in [2.75, 3.05) is 26.7 Å². The molecule has 0 spiro atoms. The second-order valence-corrected chi connectivity index (χ2v) is 7.89. The Morgan fingerprint density at radius 3 is 2.79 bits per heavy atom. The van der Waals surface area contributed by atoms with Gasteiger partial charge in [-0.05, 0) is 51.4 Å². The first kappa shape index (κ1) is 19.8. The molecule has 2 aliphatic heterocycles. The average molecular weight is 401 g/mol. The van der Waals surface area contributed by atoms with E-state index in [-0.39, 0.29) is 23.4 Å². The highest BCUT2D eigenvalue weighted by molar-refractivity contribution is 5.95. The molecule has 2 aromatic heterocycles. The summed E-state index contributed by atoms with van der Waals surface area (Å²) in [5.74, 6) is 2.02. The number of piperidine rings is 1. The minimum Gasteiger partial charge on any atom is -0.427 e. The highest BCUT2D eigenvalue weighted by Gasteiger charge is 2.32. The van der Waals surface area contributed by atoms with Crippen molar-refractivity contribution in [1.29, 1.82) is 0 Å². The van der Waals surface area contributed by atoms with Crippen LogP contribution >= 0.6 is 0 Å². The Hall–Kier alpha value is -2.52. The number of hydrogen-bond donors (Lipinski definition) is 1. The van der Waals surface area contributed by atoms with E-state index in [1.54, 1.807) is 18.9 Å². The SMILES string of the molecule is COCc1nnc2n1[C@@H](C)CN(C(=O)c1c(C)cc(C3CCNCC3)oc1=O)C2. The second-order valence-electron chi connectivity index (χ2n) is 7.89. The van der Waals surface area contributed by atoms with Crippen molar-refractivity contribution in [1.82, 2.24) is 25.0 Å². The minimum atomic E-state index is -0.553. The van der Waals surface area contributed by atoms with Crippen molar-refractivity contribution in [2.45, 2.75) is 51.8 Å². The third kappa shape index (κ3) is 3.72. The number of nitrogens with one attached hydrogen (secondary N) is 1. The molecule has 29 heavy (non-hydrogen) atoms. The Bertz CT molecular complexity index is 960. The number of amides is 1. The molecule has 9 heteroatoms. The van der Waals surface area contributed by atoms with E-state index in [1.165, 1.54) is 0 Å². The van der Waals surface area contributed by atoms with E-state index >= 15 is 0 Å². The van der Waals surface area contributed by atoms with Crippen LogP contribution in [0.3, 0.4) is 0 Å². The zero-order valence-corrected chi connectivity index (χ0v) is 17.1. The van der Waals surface area contributed by atoms with Gasteiger partial charge in [0.05, 0.1) is 12.6 Å². The lowest BCUT2D eigenvalue weighted by atomic mass is 9.94. The maximum Gasteiger partial charge on any atom is 0.349 e. The number of nitrogens with zero attached hydrogens (tertiary/aromatic N) is 4. The average Bonchev–Trinajstić information content (AvgIpc) is 3.11. The largest absolute Gasteiger partial charge is 0.427 e. The van der Waals surface area contributed by atoms with Gasteiger partial charge in [0, 0.05) is 19.6 Å². The van der Waals surface area contributed by atoms with Crippen molar-refractivity contribution >= 4 is 5.91 Å². The molecule has 1 N–H and O–H groups in total. The van der Waals surface area contributed by atoms with Crippen LogP contribution in [0.15, 0.2) is 15.3 Å². The molecule has 4 heterocycles. The first-order valence-electron chi connectivity index (χ1n) is 10.1. The van der Waals surface area contributed by atoms with Gasteiger partial charge in [0.15, 0.2) is 11.6 Å². The van der Waals surface area contributed by atoms with Gasteiger partial charge < -0.3 is 23.9 Å². The van der Waals surface area contributed by atoms with Gasteiger partial charge in [-0.3, -0.25) is 4.79 Å². The van der Waals surface area contributed by atoms with Gasteiger partial charge in [0.25, 0.3) is 5.91 Å². The summed E-state index contributed by atoms with van der Waals surface area (Å²) in [6.07, 6.45) is 1.86. The van der Waals surface area contributed by atoms with E-state index in [9.17, 15) is 9.59 Å². The van der Waals surface area contributed by atoms with Crippen LogP contribution in [0.5, 0.6) is 0 Å². The molecule has 9 nitrogen and oxygen atoms in total. The minimum absolute atomic E-state index is 0.00999. The van der Waals surface area contributed by atoms with Crippen LogP contribution in [-0.4, -0.2) is 52.3 Å². The Morgan fingerprint density at radius 2 is 2.10 bits per heavy atom. The molecule has 0 saturated carbocycles. The molecular weight excluding hydrogens is 374 g/mol. The number of fused-ring (bicyclic) bond motifs is 1. The molecule has 0 radical (unpaired) electrons. The molecule has 156 valence electrons. The highest BCUT2D eigenvalue weighted by Crippen LogP contribution is 2.27. The third-order valence-electron chi connectivity index (χ3n) is 5.78. The third-order valence-corrected chi connectivity index (χ3v) is 5.78. The van der Waals surface area contributed by atoms with Crippen LogP contribution in [-0.2, 0) is 17.9 Å². The van der Waals surface area contributed by atoms with Crippen LogP contribution in [0, 0.1) is 6.92 Å². The number of carbonyl (C=O) groups is 1. The van der Waals surface area contributed by atoms with Gasteiger partial charge >= 0.3 is 5.63 Å². The first-order chi connectivity index (χ1) is 14.0. The molecule has 1 atom stereocenters. The fourth-order valence-corrected chi connectivity index (χ4v) is 4.35. The Balaban J connectivity index is 1.59. The van der Waals surface area contributed by atoms with E-state index < -0.39 is 5.63 Å². The molecule has 2 aliphatic rings. The van der Waals surface area contributed by atoms with Gasteiger partial charge in [-0.1, -0.05) is 0 Å². The summed E-state index contributed by atoms with van der Waals surface area (Å²) in [7, 11) is 1.61.